The largest absolute Gasteiger partial charge is 0.476 e. The molecule has 1 aromatic heterocycles. The molecule has 0 atom stereocenters. The SMILES string of the molecule is Cc1c(C(=O)O)nnn1CCCCCO. The van der Waals surface area contributed by atoms with Gasteiger partial charge in [-0.05, 0) is 26.2 Å². The van der Waals surface area contributed by atoms with Crippen LogP contribution in [0.15, 0.2) is 0 Å². The second-order valence-corrected chi connectivity index (χ2v) is 3.34. The molecule has 0 amide bonds. The number of hydrogen-bond donors (Lipinski definition) is 2. The van der Waals surface area contributed by atoms with Crippen molar-refractivity contribution in [3.05, 3.63) is 11.4 Å². The highest BCUT2D eigenvalue weighted by Gasteiger charge is 2.14. The average Bonchev–Trinajstić information content (AvgIpc) is 2.55. The van der Waals surface area contributed by atoms with Crippen molar-refractivity contribution in [1.82, 2.24) is 15.0 Å². The lowest BCUT2D eigenvalue weighted by atomic mass is 10.2. The van der Waals surface area contributed by atoms with Crippen LogP contribution in [0.5, 0.6) is 0 Å². The van der Waals surface area contributed by atoms with Crippen LogP contribution in [0.4, 0.5) is 0 Å². The smallest absolute Gasteiger partial charge is 0.358 e. The number of aliphatic hydroxyl groups excluding tert-OH is 1. The summed E-state index contributed by atoms with van der Waals surface area (Å²) < 4.78 is 1.58. The quantitative estimate of drug-likeness (QED) is 0.670. The van der Waals surface area contributed by atoms with Gasteiger partial charge in [0.05, 0.1) is 5.69 Å². The maximum atomic E-state index is 10.7. The van der Waals surface area contributed by atoms with Crippen molar-refractivity contribution in [3.63, 3.8) is 0 Å². The summed E-state index contributed by atoms with van der Waals surface area (Å²) in [7, 11) is 0. The number of aliphatic hydroxyl groups is 1. The maximum absolute atomic E-state index is 10.7. The van der Waals surface area contributed by atoms with E-state index < -0.39 is 5.97 Å². The number of unbranched alkanes of at least 4 members (excludes halogenated alkanes) is 2. The van der Waals surface area contributed by atoms with Crippen molar-refractivity contribution in [1.29, 1.82) is 0 Å². The monoisotopic (exact) mass is 213 g/mol. The van der Waals surface area contributed by atoms with Gasteiger partial charge in [0.15, 0.2) is 5.69 Å². The molecule has 6 heteroatoms. The average molecular weight is 213 g/mol. The molecule has 0 spiro atoms. The zero-order valence-corrected chi connectivity index (χ0v) is 8.68. The molecule has 0 unspecified atom stereocenters. The van der Waals surface area contributed by atoms with Crippen LogP contribution in [-0.4, -0.2) is 37.8 Å². The lowest BCUT2D eigenvalue weighted by molar-refractivity contribution is 0.0689. The first-order valence-electron chi connectivity index (χ1n) is 4.91. The first kappa shape index (κ1) is 11.6. The third-order valence-corrected chi connectivity index (χ3v) is 2.21. The minimum absolute atomic E-state index is 0.0113. The number of hydrogen-bond acceptors (Lipinski definition) is 4. The first-order chi connectivity index (χ1) is 7.16. The Balaban J connectivity index is 2.51. The van der Waals surface area contributed by atoms with E-state index in [4.69, 9.17) is 10.2 Å². The number of aromatic nitrogens is 3. The highest BCUT2D eigenvalue weighted by molar-refractivity contribution is 5.86. The van der Waals surface area contributed by atoms with Crippen molar-refractivity contribution >= 4 is 5.97 Å². The highest BCUT2D eigenvalue weighted by Crippen LogP contribution is 2.05. The van der Waals surface area contributed by atoms with Gasteiger partial charge in [0.1, 0.15) is 0 Å². The van der Waals surface area contributed by atoms with Crippen molar-refractivity contribution in [2.45, 2.75) is 32.7 Å². The van der Waals surface area contributed by atoms with Gasteiger partial charge in [-0.25, -0.2) is 9.48 Å². The van der Waals surface area contributed by atoms with E-state index >= 15 is 0 Å². The number of aromatic carboxylic acids is 1. The molecule has 84 valence electrons. The Bertz CT molecular complexity index is 335. The molecule has 1 rings (SSSR count). The molecule has 0 aliphatic carbocycles. The second-order valence-electron chi connectivity index (χ2n) is 3.34. The minimum atomic E-state index is -1.05. The van der Waals surface area contributed by atoms with E-state index in [2.05, 4.69) is 10.3 Å². The number of carbonyl (C=O) groups is 1. The molecule has 0 fully saturated rings. The van der Waals surface area contributed by atoms with E-state index in [9.17, 15) is 4.79 Å². The summed E-state index contributed by atoms with van der Waals surface area (Å²) in [6, 6.07) is 0. The lowest BCUT2D eigenvalue weighted by Gasteiger charge is -2.02. The van der Waals surface area contributed by atoms with Crippen molar-refractivity contribution in [2.24, 2.45) is 0 Å². The maximum Gasteiger partial charge on any atom is 0.358 e. The molecular formula is C9H15N3O3. The molecule has 0 bridgehead atoms. The predicted octanol–water partition coefficient (Wildman–Crippen LogP) is 0.447. The van der Waals surface area contributed by atoms with E-state index in [1.165, 1.54) is 0 Å². The number of rotatable bonds is 6. The molecule has 0 aliphatic heterocycles. The fourth-order valence-corrected chi connectivity index (χ4v) is 1.32. The standard InChI is InChI=1S/C9H15N3O3/c1-7-8(9(14)15)10-11-12(7)5-3-2-4-6-13/h13H,2-6H2,1H3,(H,14,15). The molecule has 15 heavy (non-hydrogen) atoms. The zero-order chi connectivity index (χ0) is 11.3. The fraction of sp³-hybridized carbons (Fsp3) is 0.667. The van der Waals surface area contributed by atoms with Crippen LogP contribution in [0.1, 0.15) is 35.4 Å². The summed E-state index contributed by atoms with van der Waals surface area (Å²) in [5.41, 5.74) is 0.587. The Kier molecular flexibility index (Phi) is 4.23. The Labute approximate surface area is 87.5 Å². The molecule has 6 nitrogen and oxygen atoms in total. The second kappa shape index (κ2) is 5.45. The minimum Gasteiger partial charge on any atom is -0.476 e. The Morgan fingerprint density at radius 2 is 2.13 bits per heavy atom. The van der Waals surface area contributed by atoms with Crippen LogP contribution in [0.3, 0.4) is 0 Å². The normalized spacial score (nSPS) is 10.5. The molecule has 0 saturated heterocycles. The van der Waals surface area contributed by atoms with Gasteiger partial charge in [-0.2, -0.15) is 0 Å². The van der Waals surface area contributed by atoms with Gasteiger partial charge in [0.25, 0.3) is 0 Å². The molecule has 0 aliphatic rings. The molecule has 2 N–H and O–H groups in total. The van der Waals surface area contributed by atoms with E-state index in [1.807, 2.05) is 0 Å². The van der Waals surface area contributed by atoms with Crippen LogP contribution in [0.2, 0.25) is 0 Å². The third-order valence-electron chi connectivity index (χ3n) is 2.21. The Morgan fingerprint density at radius 3 is 2.67 bits per heavy atom. The summed E-state index contributed by atoms with van der Waals surface area (Å²) in [6.07, 6.45) is 2.53. The number of nitrogens with zero attached hydrogens (tertiary/aromatic N) is 3. The van der Waals surface area contributed by atoms with Crippen LogP contribution < -0.4 is 0 Å². The van der Waals surface area contributed by atoms with Gasteiger partial charge in [0.2, 0.25) is 0 Å². The van der Waals surface area contributed by atoms with Crippen LogP contribution in [0, 0.1) is 6.92 Å². The first-order valence-corrected chi connectivity index (χ1v) is 4.91. The van der Waals surface area contributed by atoms with Crippen molar-refractivity contribution in [3.8, 4) is 0 Å². The molecule has 0 aromatic carbocycles. The third kappa shape index (κ3) is 3.02. The Hall–Kier alpha value is -1.43. The van der Waals surface area contributed by atoms with Gasteiger partial charge in [-0.3, -0.25) is 0 Å². The van der Waals surface area contributed by atoms with Crippen LogP contribution >= 0.6 is 0 Å². The number of carboxylic acids is 1. The Morgan fingerprint density at radius 1 is 1.40 bits per heavy atom. The van der Waals surface area contributed by atoms with Gasteiger partial charge < -0.3 is 10.2 Å². The molecule has 1 heterocycles. The summed E-state index contributed by atoms with van der Waals surface area (Å²) in [4.78, 5) is 10.7. The molecule has 0 saturated carbocycles. The van der Waals surface area contributed by atoms with Gasteiger partial charge in [-0.15, -0.1) is 5.10 Å². The van der Waals surface area contributed by atoms with Crippen LogP contribution in [-0.2, 0) is 6.54 Å². The fourth-order valence-electron chi connectivity index (χ4n) is 1.32. The van der Waals surface area contributed by atoms with E-state index in [1.54, 1.807) is 11.6 Å². The molecular weight excluding hydrogens is 198 g/mol. The summed E-state index contributed by atoms with van der Waals surface area (Å²) >= 11 is 0. The summed E-state index contributed by atoms with van der Waals surface area (Å²) in [5.74, 6) is -1.05. The van der Waals surface area contributed by atoms with E-state index in [-0.39, 0.29) is 12.3 Å². The van der Waals surface area contributed by atoms with E-state index in [0.717, 1.165) is 19.3 Å². The van der Waals surface area contributed by atoms with Crippen molar-refractivity contribution < 1.29 is 15.0 Å². The zero-order valence-electron chi connectivity index (χ0n) is 8.68. The topological polar surface area (TPSA) is 88.2 Å². The summed E-state index contributed by atoms with van der Waals surface area (Å²) in [5, 5.41) is 24.7. The lowest BCUT2D eigenvalue weighted by Crippen LogP contribution is -2.05. The highest BCUT2D eigenvalue weighted by atomic mass is 16.4. The summed E-state index contributed by atoms with van der Waals surface area (Å²) in [6.45, 7) is 2.53. The van der Waals surface area contributed by atoms with E-state index in [0.29, 0.717) is 12.2 Å². The van der Waals surface area contributed by atoms with Gasteiger partial charge >= 0.3 is 5.97 Å². The van der Waals surface area contributed by atoms with Crippen molar-refractivity contribution in [2.75, 3.05) is 6.61 Å². The predicted molar refractivity (Wildman–Crippen MR) is 52.7 cm³/mol. The van der Waals surface area contributed by atoms with Gasteiger partial charge in [0, 0.05) is 13.2 Å². The number of carboxylic acid groups (broad SMARTS) is 1. The molecule has 1 aromatic rings. The van der Waals surface area contributed by atoms with Gasteiger partial charge in [-0.1, -0.05) is 5.21 Å². The van der Waals surface area contributed by atoms with Crippen LogP contribution in [0.25, 0.3) is 0 Å². The number of aryl methyl sites for hydroxylation is 1. The molecule has 0 radical (unpaired) electrons.